The van der Waals surface area contributed by atoms with Crippen molar-refractivity contribution in [3.63, 3.8) is 0 Å². The van der Waals surface area contributed by atoms with Crippen molar-refractivity contribution in [3.05, 3.63) is 46.5 Å². The molecular formula is C21H23N3OS. The molecule has 1 saturated heterocycles. The minimum absolute atomic E-state index is 0.00120. The number of rotatable bonds is 4. The summed E-state index contributed by atoms with van der Waals surface area (Å²) in [5.74, 6) is 6.63. The average Bonchev–Trinajstić information content (AvgIpc) is 3.09. The summed E-state index contributed by atoms with van der Waals surface area (Å²) in [5, 5.41) is 20.5. The number of hydrogen-bond acceptors (Lipinski definition) is 5. The van der Waals surface area contributed by atoms with Gasteiger partial charge in [-0.25, -0.2) is 4.98 Å². The standard InChI is InChI=1S/C21H23N3OS/c1-4-17-12-23-21(26-17)24-18(11-22)20(19(24)13-25)16-9-7-15(8-10-16)6-5-14(2)3/h7-10,12,14,18-20,25H,4,13H2,1-3H3/t18-,19+,20-/m1/s1. The molecule has 1 N–H and O–H groups in total. The molecule has 0 aliphatic carbocycles. The lowest BCUT2D eigenvalue weighted by Gasteiger charge is -2.51. The fourth-order valence-electron chi connectivity index (χ4n) is 3.27. The van der Waals surface area contributed by atoms with Crippen LogP contribution in [0.1, 0.15) is 42.7 Å². The Morgan fingerprint density at radius 1 is 1.31 bits per heavy atom. The first-order valence-corrected chi connectivity index (χ1v) is 9.75. The zero-order valence-corrected chi connectivity index (χ0v) is 16.1. The molecule has 26 heavy (non-hydrogen) atoms. The quantitative estimate of drug-likeness (QED) is 0.842. The van der Waals surface area contributed by atoms with Gasteiger partial charge in [0.25, 0.3) is 0 Å². The molecule has 3 atom stereocenters. The number of aromatic nitrogens is 1. The van der Waals surface area contributed by atoms with Crippen LogP contribution in [0.15, 0.2) is 30.5 Å². The summed E-state index contributed by atoms with van der Waals surface area (Å²) in [6, 6.07) is 10.0. The second-order valence-electron chi connectivity index (χ2n) is 6.77. The van der Waals surface area contributed by atoms with Gasteiger partial charge in [0.1, 0.15) is 6.04 Å². The van der Waals surface area contributed by atoms with Gasteiger partial charge in [-0.15, -0.1) is 11.3 Å². The summed E-state index contributed by atoms with van der Waals surface area (Å²) in [5.41, 5.74) is 2.04. The van der Waals surface area contributed by atoms with E-state index in [0.717, 1.165) is 22.7 Å². The number of aliphatic hydroxyl groups is 1. The van der Waals surface area contributed by atoms with Gasteiger partial charge in [-0.2, -0.15) is 5.26 Å². The number of aryl methyl sites for hydroxylation is 1. The maximum absolute atomic E-state index is 9.93. The first-order valence-electron chi connectivity index (χ1n) is 8.94. The Bertz CT molecular complexity index is 854. The number of nitrogens with zero attached hydrogens (tertiary/aromatic N) is 3. The van der Waals surface area contributed by atoms with Crippen LogP contribution in [0.3, 0.4) is 0 Å². The van der Waals surface area contributed by atoms with E-state index in [1.54, 1.807) is 11.3 Å². The van der Waals surface area contributed by atoms with Gasteiger partial charge in [-0.05, 0) is 24.1 Å². The van der Waals surface area contributed by atoms with Crippen LogP contribution in [0.5, 0.6) is 0 Å². The van der Waals surface area contributed by atoms with Crippen molar-refractivity contribution >= 4 is 16.5 Å². The molecule has 2 aromatic rings. The third-order valence-corrected chi connectivity index (χ3v) is 5.80. The van der Waals surface area contributed by atoms with Crippen LogP contribution >= 0.6 is 11.3 Å². The number of thiazole rings is 1. The second kappa shape index (κ2) is 7.91. The van der Waals surface area contributed by atoms with Crippen molar-refractivity contribution in [2.75, 3.05) is 11.5 Å². The van der Waals surface area contributed by atoms with E-state index in [-0.39, 0.29) is 24.6 Å². The SMILES string of the molecule is CCc1cnc(N2[C@H](C#N)[C@@H](c3ccc(C#CC(C)C)cc3)[C@@H]2CO)s1. The minimum Gasteiger partial charge on any atom is -0.394 e. The number of nitriles is 1. The van der Waals surface area contributed by atoms with Gasteiger partial charge in [-0.1, -0.05) is 44.7 Å². The van der Waals surface area contributed by atoms with Crippen LogP contribution in [0.2, 0.25) is 0 Å². The largest absolute Gasteiger partial charge is 0.394 e. The molecule has 1 aliphatic rings. The van der Waals surface area contributed by atoms with E-state index in [0.29, 0.717) is 5.92 Å². The molecule has 1 aliphatic heterocycles. The molecule has 1 aromatic heterocycles. The minimum atomic E-state index is -0.310. The highest BCUT2D eigenvalue weighted by Gasteiger charge is 2.50. The van der Waals surface area contributed by atoms with E-state index >= 15 is 0 Å². The summed E-state index contributed by atoms with van der Waals surface area (Å²) in [4.78, 5) is 7.60. The number of hydrogen-bond donors (Lipinski definition) is 1. The average molecular weight is 366 g/mol. The molecule has 0 spiro atoms. The fourth-order valence-corrected chi connectivity index (χ4v) is 4.21. The van der Waals surface area contributed by atoms with Crippen molar-refractivity contribution in [2.45, 2.75) is 45.2 Å². The summed E-state index contributed by atoms with van der Waals surface area (Å²) in [7, 11) is 0. The molecule has 0 radical (unpaired) electrons. The smallest absolute Gasteiger partial charge is 0.186 e. The van der Waals surface area contributed by atoms with E-state index in [1.165, 1.54) is 4.88 Å². The predicted molar refractivity (Wildman–Crippen MR) is 105 cm³/mol. The van der Waals surface area contributed by atoms with Crippen molar-refractivity contribution in [1.82, 2.24) is 4.98 Å². The van der Waals surface area contributed by atoms with Gasteiger partial charge < -0.3 is 10.0 Å². The Morgan fingerprint density at radius 3 is 2.58 bits per heavy atom. The molecule has 1 fully saturated rings. The molecule has 2 heterocycles. The molecule has 0 unspecified atom stereocenters. The molecule has 0 bridgehead atoms. The highest BCUT2D eigenvalue weighted by molar-refractivity contribution is 7.15. The van der Waals surface area contributed by atoms with Gasteiger partial charge in [0.2, 0.25) is 0 Å². The zero-order chi connectivity index (χ0) is 18.7. The predicted octanol–water partition coefficient (Wildman–Crippen LogP) is 3.57. The second-order valence-corrected chi connectivity index (χ2v) is 7.86. The maximum atomic E-state index is 9.93. The number of anilines is 1. The van der Waals surface area contributed by atoms with Crippen molar-refractivity contribution in [3.8, 4) is 17.9 Å². The molecule has 1 aromatic carbocycles. The molecular weight excluding hydrogens is 342 g/mol. The molecule has 0 amide bonds. The van der Waals surface area contributed by atoms with Gasteiger partial charge in [-0.3, -0.25) is 0 Å². The fraction of sp³-hybridized carbons (Fsp3) is 0.429. The topological polar surface area (TPSA) is 60.2 Å². The van der Waals surface area contributed by atoms with E-state index < -0.39 is 0 Å². The Hall–Kier alpha value is -2.34. The van der Waals surface area contributed by atoms with Crippen LogP contribution in [-0.4, -0.2) is 28.8 Å². The van der Waals surface area contributed by atoms with Crippen LogP contribution in [0, 0.1) is 29.1 Å². The summed E-state index contributed by atoms with van der Waals surface area (Å²) in [6.07, 6.45) is 2.78. The first kappa shape index (κ1) is 18.5. The Balaban J connectivity index is 1.84. The molecule has 0 saturated carbocycles. The molecule has 134 valence electrons. The summed E-state index contributed by atoms with van der Waals surface area (Å²) >= 11 is 1.60. The van der Waals surface area contributed by atoms with Crippen LogP contribution in [0.4, 0.5) is 5.13 Å². The number of aliphatic hydroxyl groups excluding tert-OH is 1. The normalized spacial score (nSPS) is 21.7. The van der Waals surface area contributed by atoms with Gasteiger partial charge in [0.05, 0.1) is 18.7 Å². The zero-order valence-electron chi connectivity index (χ0n) is 15.3. The lowest BCUT2D eigenvalue weighted by molar-refractivity contribution is 0.187. The summed E-state index contributed by atoms with van der Waals surface area (Å²) < 4.78 is 0. The van der Waals surface area contributed by atoms with Crippen LogP contribution in [-0.2, 0) is 6.42 Å². The lowest BCUT2D eigenvalue weighted by atomic mass is 9.76. The van der Waals surface area contributed by atoms with Gasteiger partial charge in [0, 0.05) is 28.5 Å². The number of benzene rings is 1. The Morgan fingerprint density at radius 2 is 2.04 bits per heavy atom. The lowest BCUT2D eigenvalue weighted by Crippen LogP contribution is -2.63. The van der Waals surface area contributed by atoms with Gasteiger partial charge in [0.15, 0.2) is 5.13 Å². The summed E-state index contributed by atoms with van der Waals surface area (Å²) in [6.45, 7) is 6.22. The van der Waals surface area contributed by atoms with E-state index in [1.807, 2.05) is 35.4 Å². The van der Waals surface area contributed by atoms with E-state index in [9.17, 15) is 10.4 Å². The van der Waals surface area contributed by atoms with Crippen LogP contribution < -0.4 is 4.90 Å². The van der Waals surface area contributed by atoms with Gasteiger partial charge >= 0.3 is 0 Å². The molecule has 3 rings (SSSR count). The Labute approximate surface area is 159 Å². The Kier molecular flexibility index (Phi) is 5.61. The third-order valence-electron chi connectivity index (χ3n) is 4.64. The van der Waals surface area contributed by atoms with Crippen LogP contribution in [0.25, 0.3) is 0 Å². The highest BCUT2D eigenvalue weighted by Crippen LogP contribution is 2.44. The third kappa shape index (κ3) is 3.46. The maximum Gasteiger partial charge on any atom is 0.186 e. The van der Waals surface area contributed by atoms with Crippen molar-refractivity contribution in [2.24, 2.45) is 5.92 Å². The van der Waals surface area contributed by atoms with Crippen molar-refractivity contribution in [1.29, 1.82) is 5.26 Å². The van der Waals surface area contributed by atoms with Crippen molar-refractivity contribution < 1.29 is 5.11 Å². The monoisotopic (exact) mass is 365 g/mol. The van der Waals surface area contributed by atoms with E-state index in [4.69, 9.17) is 0 Å². The molecule has 4 nitrogen and oxygen atoms in total. The molecule has 5 heteroatoms. The van der Waals surface area contributed by atoms with E-state index in [2.05, 4.69) is 43.7 Å². The first-order chi connectivity index (χ1) is 12.6. The highest BCUT2D eigenvalue weighted by atomic mass is 32.1.